The monoisotopic (exact) mass is 337 g/mol. The van der Waals surface area contributed by atoms with Crippen molar-refractivity contribution in [1.82, 2.24) is 14.3 Å². The zero-order chi connectivity index (χ0) is 17.6. The van der Waals surface area contributed by atoms with E-state index in [0.717, 1.165) is 22.7 Å². The molecule has 3 rings (SSSR count). The van der Waals surface area contributed by atoms with E-state index in [1.165, 1.54) is 0 Å². The molecule has 0 saturated carbocycles. The standard InChI is InChI=1S/C20H23N3O2/c1-3-22(15-17-14-21-19-7-5-6-12-23(17)19)20(24)13-16-8-10-18(11-9-16)25-4-2/h5-12,14H,3-4,13,15H2,1-2H3. The van der Waals surface area contributed by atoms with Crippen LogP contribution in [0.25, 0.3) is 5.65 Å². The Morgan fingerprint density at radius 2 is 1.96 bits per heavy atom. The highest BCUT2D eigenvalue weighted by Crippen LogP contribution is 2.14. The molecule has 5 nitrogen and oxygen atoms in total. The summed E-state index contributed by atoms with van der Waals surface area (Å²) >= 11 is 0. The topological polar surface area (TPSA) is 46.8 Å². The summed E-state index contributed by atoms with van der Waals surface area (Å²) in [6, 6.07) is 13.6. The summed E-state index contributed by atoms with van der Waals surface area (Å²) in [7, 11) is 0. The SMILES string of the molecule is CCOc1ccc(CC(=O)N(CC)Cc2cnc3ccccn23)cc1. The number of nitrogens with zero attached hydrogens (tertiary/aromatic N) is 3. The number of hydrogen-bond donors (Lipinski definition) is 0. The molecule has 0 spiro atoms. The van der Waals surface area contributed by atoms with Gasteiger partial charge in [-0.3, -0.25) is 4.79 Å². The first-order chi connectivity index (χ1) is 12.2. The van der Waals surface area contributed by atoms with Crippen LogP contribution in [0.4, 0.5) is 0 Å². The number of fused-ring (bicyclic) bond motifs is 1. The molecule has 0 aliphatic carbocycles. The Bertz CT molecular complexity index is 840. The third-order valence-electron chi connectivity index (χ3n) is 4.17. The van der Waals surface area contributed by atoms with Crippen molar-refractivity contribution < 1.29 is 9.53 Å². The minimum atomic E-state index is 0.109. The molecule has 0 atom stereocenters. The number of amides is 1. The lowest BCUT2D eigenvalue weighted by Gasteiger charge is -2.21. The van der Waals surface area contributed by atoms with Crippen LogP contribution in [0.15, 0.2) is 54.9 Å². The van der Waals surface area contributed by atoms with Crippen LogP contribution in [0, 0.1) is 0 Å². The second-order valence-corrected chi connectivity index (χ2v) is 5.84. The van der Waals surface area contributed by atoms with Gasteiger partial charge in [0.15, 0.2) is 0 Å². The van der Waals surface area contributed by atoms with E-state index in [2.05, 4.69) is 4.98 Å². The van der Waals surface area contributed by atoms with E-state index >= 15 is 0 Å². The normalized spacial score (nSPS) is 10.8. The van der Waals surface area contributed by atoms with Crippen molar-refractivity contribution in [2.75, 3.05) is 13.2 Å². The largest absolute Gasteiger partial charge is 0.494 e. The van der Waals surface area contributed by atoms with Crippen LogP contribution in [0.5, 0.6) is 5.75 Å². The predicted octanol–water partition coefficient (Wildman–Crippen LogP) is 3.32. The van der Waals surface area contributed by atoms with Gasteiger partial charge in [0.1, 0.15) is 11.4 Å². The second kappa shape index (κ2) is 7.83. The van der Waals surface area contributed by atoms with Gasteiger partial charge in [0.2, 0.25) is 5.91 Å². The van der Waals surface area contributed by atoms with Crippen molar-refractivity contribution in [3.8, 4) is 5.75 Å². The predicted molar refractivity (Wildman–Crippen MR) is 97.6 cm³/mol. The van der Waals surface area contributed by atoms with Gasteiger partial charge in [-0.2, -0.15) is 0 Å². The fraction of sp³-hybridized carbons (Fsp3) is 0.300. The smallest absolute Gasteiger partial charge is 0.227 e. The Morgan fingerprint density at radius 3 is 2.68 bits per heavy atom. The third kappa shape index (κ3) is 3.99. The molecule has 0 saturated heterocycles. The highest BCUT2D eigenvalue weighted by atomic mass is 16.5. The average molecular weight is 337 g/mol. The van der Waals surface area contributed by atoms with Gasteiger partial charge in [-0.15, -0.1) is 0 Å². The summed E-state index contributed by atoms with van der Waals surface area (Å²) in [6.07, 6.45) is 4.20. The highest BCUT2D eigenvalue weighted by Gasteiger charge is 2.15. The summed E-state index contributed by atoms with van der Waals surface area (Å²) < 4.78 is 7.46. The molecule has 0 unspecified atom stereocenters. The maximum Gasteiger partial charge on any atom is 0.227 e. The van der Waals surface area contributed by atoms with Gasteiger partial charge in [0, 0.05) is 12.7 Å². The van der Waals surface area contributed by atoms with Crippen molar-refractivity contribution in [2.45, 2.75) is 26.8 Å². The number of rotatable bonds is 7. The Balaban J connectivity index is 1.68. The molecule has 5 heteroatoms. The zero-order valence-electron chi connectivity index (χ0n) is 14.7. The molecule has 0 fully saturated rings. The number of hydrogen-bond acceptors (Lipinski definition) is 3. The van der Waals surface area contributed by atoms with E-state index in [4.69, 9.17) is 4.74 Å². The molecule has 1 amide bonds. The van der Waals surface area contributed by atoms with E-state index in [0.29, 0.717) is 26.1 Å². The van der Waals surface area contributed by atoms with Gasteiger partial charge in [-0.05, 0) is 43.7 Å². The minimum absolute atomic E-state index is 0.109. The van der Waals surface area contributed by atoms with Crippen LogP contribution >= 0.6 is 0 Å². The minimum Gasteiger partial charge on any atom is -0.494 e. The highest BCUT2D eigenvalue weighted by molar-refractivity contribution is 5.78. The molecular formula is C20H23N3O2. The first kappa shape index (κ1) is 17.0. The lowest BCUT2D eigenvalue weighted by molar-refractivity contribution is -0.130. The molecule has 25 heavy (non-hydrogen) atoms. The lowest BCUT2D eigenvalue weighted by atomic mass is 10.1. The van der Waals surface area contributed by atoms with Gasteiger partial charge < -0.3 is 14.0 Å². The Kier molecular flexibility index (Phi) is 5.33. The second-order valence-electron chi connectivity index (χ2n) is 5.84. The number of benzene rings is 1. The fourth-order valence-electron chi connectivity index (χ4n) is 2.83. The molecule has 0 N–H and O–H groups in total. The first-order valence-electron chi connectivity index (χ1n) is 8.61. The summed E-state index contributed by atoms with van der Waals surface area (Å²) in [5.41, 5.74) is 2.90. The van der Waals surface area contributed by atoms with Crippen LogP contribution in [-0.4, -0.2) is 33.3 Å². The molecular weight excluding hydrogens is 314 g/mol. The summed E-state index contributed by atoms with van der Waals surface area (Å²) in [5.74, 6) is 0.939. The fourth-order valence-corrected chi connectivity index (χ4v) is 2.83. The quantitative estimate of drug-likeness (QED) is 0.664. The number of carbonyl (C=O) groups excluding carboxylic acids is 1. The van der Waals surface area contributed by atoms with Gasteiger partial charge >= 0.3 is 0 Å². The molecule has 3 aromatic rings. The maximum atomic E-state index is 12.7. The summed E-state index contributed by atoms with van der Waals surface area (Å²) in [5, 5.41) is 0. The number of pyridine rings is 1. The van der Waals surface area contributed by atoms with Crippen molar-refractivity contribution in [3.05, 3.63) is 66.1 Å². The molecule has 0 aliphatic heterocycles. The van der Waals surface area contributed by atoms with Crippen LogP contribution in [-0.2, 0) is 17.8 Å². The average Bonchev–Trinajstić information content (AvgIpc) is 3.04. The zero-order valence-corrected chi connectivity index (χ0v) is 14.7. The van der Waals surface area contributed by atoms with Crippen molar-refractivity contribution >= 4 is 11.6 Å². The Labute approximate surface area is 147 Å². The van der Waals surface area contributed by atoms with E-state index in [1.54, 1.807) is 0 Å². The number of likely N-dealkylation sites (N-methyl/N-ethyl adjacent to an activating group) is 1. The maximum absolute atomic E-state index is 12.7. The Hall–Kier alpha value is -2.82. The van der Waals surface area contributed by atoms with E-state index in [9.17, 15) is 4.79 Å². The number of imidazole rings is 1. The van der Waals surface area contributed by atoms with Crippen molar-refractivity contribution in [3.63, 3.8) is 0 Å². The van der Waals surface area contributed by atoms with Gasteiger partial charge in [0.05, 0.1) is 31.5 Å². The molecule has 1 aromatic carbocycles. The van der Waals surface area contributed by atoms with Crippen LogP contribution in [0.3, 0.4) is 0 Å². The van der Waals surface area contributed by atoms with Crippen molar-refractivity contribution in [2.24, 2.45) is 0 Å². The molecule has 0 bridgehead atoms. The number of ether oxygens (including phenoxy) is 1. The van der Waals surface area contributed by atoms with Gasteiger partial charge in [-0.1, -0.05) is 18.2 Å². The third-order valence-corrected chi connectivity index (χ3v) is 4.17. The number of carbonyl (C=O) groups is 1. The van der Waals surface area contributed by atoms with E-state index in [-0.39, 0.29) is 5.91 Å². The van der Waals surface area contributed by atoms with Gasteiger partial charge in [0.25, 0.3) is 0 Å². The molecule has 0 radical (unpaired) electrons. The van der Waals surface area contributed by atoms with Crippen molar-refractivity contribution in [1.29, 1.82) is 0 Å². The lowest BCUT2D eigenvalue weighted by Crippen LogP contribution is -2.32. The summed E-state index contributed by atoms with van der Waals surface area (Å²) in [6.45, 7) is 5.81. The van der Waals surface area contributed by atoms with Crippen LogP contribution < -0.4 is 4.74 Å². The molecule has 2 heterocycles. The first-order valence-corrected chi connectivity index (χ1v) is 8.61. The van der Waals surface area contributed by atoms with E-state index in [1.807, 2.05) is 78.0 Å². The summed E-state index contributed by atoms with van der Waals surface area (Å²) in [4.78, 5) is 18.9. The molecule has 130 valence electrons. The Morgan fingerprint density at radius 1 is 1.16 bits per heavy atom. The van der Waals surface area contributed by atoms with Gasteiger partial charge in [-0.25, -0.2) is 4.98 Å². The molecule has 2 aromatic heterocycles. The van der Waals surface area contributed by atoms with Crippen LogP contribution in [0.2, 0.25) is 0 Å². The van der Waals surface area contributed by atoms with E-state index < -0.39 is 0 Å². The van der Waals surface area contributed by atoms with Crippen LogP contribution in [0.1, 0.15) is 25.1 Å². The number of aromatic nitrogens is 2. The molecule has 0 aliphatic rings.